The van der Waals surface area contributed by atoms with Crippen LogP contribution in [-0.2, 0) is 4.79 Å². The van der Waals surface area contributed by atoms with E-state index in [2.05, 4.69) is 22.9 Å². The van der Waals surface area contributed by atoms with Crippen LogP contribution in [0.25, 0.3) is 0 Å². The van der Waals surface area contributed by atoms with Crippen LogP contribution in [0.15, 0.2) is 0 Å². The summed E-state index contributed by atoms with van der Waals surface area (Å²) in [6, 6.07) is 0. The van der Waals surface area contributed by atoms with Crippen LogP contribution in [0.4, 0.5) is 0 Å². The fraction of sp³-hybridized carbons (Fsp3) is 0.941. The monoisotopic (exact) mass is 355 g/mol. The molecule has 3 nitrogen and oxygen atoms in total. The summed E-state index contributed by atoms with van der Waals surface area (Å²) in [6.45, 7) is 3.44. The summed E-state index contributed by atoms with van der Waals surface area (Å²) >= 11 is 3.99. The number of likely N-dealkylation sites (tertiary alicyclic amines) is 1. The number of nitrogens with zero attached hydrogens (tertiary/aromatic N) is 1. The van der Waals surface area contributed by atoms with Crippen molar-refractivity contribution in [1.29, 1.82) is 0 Å². The molecule has 1 aliphatic heterocycles. The molecular formula is C17H26BrNO2. The number of rotatable bonds is 2. The Morgan fingerprint density at radius 2 is 1.90 bits per heavy atom. The number of aliphatic hydroxyl groups is 1. The van der Waals surface area contributed by atoms with Crippen molar-refractivity contribution in [2.75, 3.05) is 13.1 Å². The Balaban J connectivity index is 1.57. The first-order valence-electron chi connectivity index (χ1n) is 8.59. The first-order valence-corrected chi connectivity index (χ1v) is 9.39. The Labute approximate surface area is 135 Å². The highest BCUT2D eigenvalue weighted by molar-refractivity contribution is 9.10. The van der Waals surface area contributed by atoms with Gasteiger partial charge in [0.1, 0.15) is 0 Å². The molecule has 5 fully saturated rings. The number of hydrogen-bond acceptors (Lipinski definition) is 2. The maximum absolute atomic E-state index is 13.2. The molecule has 1 saturated heterocycles. The Morgan fingerprint density at radius 1 is 1.24 bits per heavy atom. The molecule has 4 heteroatoms. The van der Waals surface area contributed by atoms with Crippen molar-refractivity contribution in [2.45, 2.75) is 62.3 Å². The molecule has 21 heavy (non-hydrogen) atoms. The van der Waals surface area contributed by atoms with Crippen molar-refractivity contribution < 1.29 is 9.90 Å². The lowest BCUT2D eigenvalue weighted by Gasteiger charge is -2.60. The van der Waals surface area contributed by atoms with Crippen LogP contribution in [0.2, 0.25) is 0 Å². The van der Waals surface area contributed by atoms with E-state index < -0.39 is 0 Å². The summed E-state index contributed by atoms with van der Waals surface area (Å²) in [4.78, 5) is 15.2. The van der Waals surface area contributed by atoms with Gasteiger partial charge in [0.2, 0.25) is 5.91 Å². The first kappa shape index (κ1) is 14.5. The number of amides is 1. The molecule has 5 aliphatic rings. The van der Waals surface area contributed by atoms with Gasteiger partial charge in [-0.1, -0.05) is 22.9 Å². The van der Waals surface area contributed by atoms with Crippen LogP contribution in [-0.4, -0.2) is 39.4 Å². The van der Waals surface area contributed by atoms with Gasteiger partial charge in [-0.3, -0.25) is 4.79 Å². The van der Waals surface area contributed by atoms with Crippen molar-refractivity contribution in [1.82, 2.24) is 4.90 Å². The Bertz CT molecular complexity index is 452. The normalized spacial score (nSPS) is 51.7. The highest BCUT2D eigenvalue weighted by Crippen LogP contribution is 2.65. The number of carbonyl (C=O) groups is 1. The van der Waals surface area contributed by atoms with Crippen LogP contribution in [0.1, 0.15) is 51.9 Å². The predicted molar refractivity (Wildman–Crippen MR) is 85.1 cm³/mol. The number of β-amino-alcohol motifs (C(OH)–C–C–N with tert-alkyl or cyclic N) is 1. The summed E-state index contributed by atoms with van der Waals surface area (Å²) in [5.41, 5.74) is -0.115. The first-order chi connectivity index (χ1) is 9.93. The van der Waals surface area contributed by atoms with Gasteiger partial charge in [0.25, 0.3) is 0 Å². The zero-order valence-corrected chi connectivity index (χ0v) is 14.4. The molecule has 1 amide bonds. The van der Waals surface area contributed by atoms with E-state index in [0.717, 1.165) is 44.1 Å². The van der Waals surface area contributed by atoms with E-state index >= 15 is 0 Å². The topological polar surface area (TPSA) is 40.5 Å². The molecule has 0 unspecified atom stereocenters. The molecule has 0 aromatic carbocycles. The second-order valence-corrected chi connectivity index (χ2v) is 10.0. The van der Waals surface area contributed by atoms with Crippen molar-refractivity contribution in [3.63, 3.8) is 0 Å². The highest BCUT2D eigenvalue weighted by atomic mass is 79.9. The van der Waals surface area contributed by atoms with Gasteiger partial charge in [0.15, 0.2) is 0 Å². The number of aliphatic hydroxyl groups excluding tert-OH is 1. The molecule has 4 aliphatic carbocycles. The largest absolute Gasteiger partial charge is 0.391 e. The summed E-state index contributed by atoms with van der Waals surface area (Å²) in [6.07, 6.45) is 7.73. The maximum Gasteiger partial charge on any atom is 0.228 e. The smallest absolute Gasteiger partial charge is 0.228 e. The van der Waals surface area contributed by atoms with Crippen molar-refractivity contribution >= 4 is 21.8 Å². The Kier molecular flexibility index (Phi) is 3.25. The molecule has 4 atom stereocenters. The lowest BCUT2D eigenvalue weighted by molar-refractivity contribution is -0.154. The molecule has 118 valence electrons. The molecule has 0 spiro atoms. The molecule has 4 saturated carbocycles. The van der Waals surface area contributed by atoms with E-state index in [-0.39, 0.29) is 21.8 Å². The average molecular weight is 356 g/mol. The second-order valence-electron chi connectivity index (χ2n) is 8.34. The number of carbonyl (C=O) groups excluding carboxylic acids is 1. The van der Waals surface area contributed by atoms with E-state index in [0.29, 0.717) is 12.5 Å². The Hall–Kier alpha value is -0.0900. The van der Waals surface area contributed by atoms with Crippen LogP contribution in [0, 0.1) is 23.2 Å². The van der Waals surface area contributed by atoms with E-state index in [1.54, 1.807) is 0 Å². The Morgan fingerprint density at radius 3 is 2.43 bits per heavy atom. The van der Waals surface area contributed by atoms with Crippen LogP contribution in [0.5, 0.6) is 0 Å². The van der Waals surface area contributed by atoms with E-state index in [9.17, 15) is 9.90 Å². The van der Waals surface area contributed by atoms with Crippen LogP contribution in [0.3, 0.4) is 0 Å². The lowest BCUT2D eigenvalue weighted by atomic mass is 9.49. The molecule has 5 rings (SSSR count). The molecule has 4 bridgehead atoms. The van der Waals surface area contributed by atoms with E-state index in [1.807, 2.05) is 4.90 Å². The molecule has 1 N–H and O–H groups in total. The van der Waals surface area contributed by atoms with Crippen LogP contribution < -0.4 is 0 Å². The third-order valence-corrected chi connectivity index (χ3v) is 7.59. The zero-order valence-electron chi connectivity index (χ0n) is 12.9. The van der Waals surface area contributed by atoms with Gasteiger partial charge >= 0.3 is 0 Å². The van der Waals surface area contributed by atoms with Crippen molar-refractivity contribution in [3.05, 3.63) is 0 Å². The predicted octanol–water partition coefficient (Wildman–Crippen LogP) is 2.95. The standard InChI is InChI=1S/C17H26BrNO2/c1-2-13-8-19(9-14(13)20)15(21)16-4-11-3-12(5-16)7-17(18,6-11)10-16/h11-14,20H,2-10H2,1H3/t11-,12-,13-,14+,16?,17?/m1/s1. The fourth-order valence-corrected chi connectivity index (χ4v) is 7.61. The maximum atomic E-state index is 13.2. The van der Waals surface area contributed by atoms with Gasteiger partial charge in [0, 0.05) is 23.3 Å². The van der Waals surface area contributed by atoms with E-state index in [4.69, 9.17) is 0 Å². The molecule has 0 aromatic heterocycles. The third-order valence-electron chi connectivity index (χ3n) is 6.66. The molecule has 0 aromatic rings. The number of halogens is 1. The zero-order chi connectivity index (χ0) is 14.8. The highest BCUT2D eigenvalue weighted by Gasteiger charge is 2.60. The molecule has 1 heterocycles. The molecular weight excluding hydrogens is 330 g/mol. The van der Waals surface area contributed by atoms with Crippen molar-refractivity contribution in [2.24, 2.45) is 23.2 Å². The van der Waals surface area contributed by atoms with E-state index in [1.165, 1.54) is 19.3 Å². The quantitative estimate of drug-likeness (QED) is 0.773. The third kappa shape index (κ3) is 2.20. The van der Waals surface area contributed by atoms with Crippen molar-refractivity contribution in [3.8, 4) is 0 Å². The summed E-state index contributed by atoms with van der Waals surface area (Å²) in [7, 11) is 0. The average Bonchev–Trinajstić information content (AvgIpc) is 2.76. The SMILES string of the molecule is CC[C@@H]1CN(C(=O)C23C[C@H]4C[C@@H](CC(Br)(C4)C2)C3)C[C@@H]1O. The van der Waals surface area contributed by atoms with Gasteiger partial charge in [-0.2, -0.15) is 0 Å². The van der Waals surface area contributed by atoms with Gasteiger partial charge in [0.05, 0.1) is 11.5 Å². The minimum absolute atomic E-state index is 0.115. The lowest BCUT2D eigenvalue weighted by Crippen LogP contribution is -2.58. The minimum atomic E-state index is -0.314. The summed E-state index contributed by atoms with van der Waals surface area (Å²) in [5.74, 6) is 2.12. The summed E-state index contributed by atoms with van der Waals surface area (Å²) in [5, 5.41) is 10.1. The van der Waals surface area contributed by atoms with Gasteiger partial charge in [-0.25, -0.2) is 0 Å². The number of alkyl halides is 1. The molecule has 0 radical (unpaired) electrons. The van der Waals surface area contributed by atoms with Gasteiger partial charge in [-0.15, -0.1) is 0 Å². The summed E-state index contributed by atoms with van der Waals surface area (Å²) < 4.78 is 0.231. The number of hydrogen-bond donors (Lipinski definition) is 1. The van der Waals surface area contributed by atoms with Gasteiger partial charge < -0.3 is 10.0 Å². The van der Waals surface area contributed by atoms with Crippen LogP contribution >= 0.6 is 15.9 Å². The van der Waals surface area contributed by atoms with Gasteiger partial charge in [-0.05, 0) is 56.8 Å². The fourth-order valence-electron chi connectivity index (χ4n) is 6.16. The minimum Gasteiger partial charge on any atom is -0.391 e. The second kappa shape index (κ2) is 4.70.